The van der Waals surface area contributed by atoms with Gasteiger partial charge >= 0.3 is 0 Å². The fourth-order valence-corrected chi connectivity index (χ4v) is 4.35. The van der Waals surface area contributed by atoms with E-state index in [4.69, 9.17) is 9.47 Å². The van der Waals surface area contributed by atoms with Gasteiger partial charge in [0.1, 0.15) is 19.0 Å². The molecule has 0 spiro atoms. The summed E-state index contributed by atoms with van der Waals surface area (Å²) in [5.41, 5.74) is 1.94. The van der Waals surface area contributed by atoms with Crippen LogP contribution in [0, 0.1) is 12.2 Å². The molecule has 0 N–H and O–H groups in total. The predicted molar refractivity (Wildman–Crippen MR) is 114 cm³/mol. The molecule has 2 aromatic heterocycles. The average Bonchev–Trinajstić information content (AvgIpc) is 2.79. The van der Waals surface area contributed by atoms with Crippen LogP contribution in [0.2, 0.25) is 0 Å². The second-order valence-electron chi connectivity index (χ2n) is 7.91. The van der Waals surface area contributed by atoms with E-state index in [1.165, 1.54) is 18.3 Å². The van der Waals surface area contributed by atoms with Crippen molar-refractivity contribution in [1.82, 2.24) is 19.4 Å². The highest BCUT2D eigenvalue weighted by molar-refractivity contribution is 5.74. The lowest BCUT2D eigenvalue weighted by Crippen LogP contribution is -2.43. The quantitative estimate of drug-likeness (QED) is 0.628. The van der Waals surface area contributed by atoms with Crippen LogP contribution in [0.15, 0.2) is 41.5 Å². The molecule has 1 unspecified atom stereocenters. The van der Waals surface area contributed by atoms with Crippen LogP contribution in [0.4, 0.5) is 4.39 Å². The zero-order chi connectivity index (χ0) is 21.2. The maximum Gasteiger partial charge on any atom is 0.269 e. The van der Waals surface area contributed by atoms with Crippen molar-refractivity contribution in [1.29, 1.82) is 0 Å². The minimum absolute atomic E-state index is 0.173. The highest BCUT2D eigenvalue weighted by Crippen LogP contribution is 2.30. The normalized spacial score (nSPS) is 18.9. The largest absolute Gasteiger partial charge is 0.486 e. The number of pyridine rings is 1. The second-order valence-corrected chi connectivity index (χ2v) is 7.91. The molecule has 1 saturated heterocycles. The van der Waals surface area contributed by atoms with E-state index in [-0.39, 0.29) is 11.4 Å². The molecule has 0 saturated carbocycles. The van der Waals surface area contributed by atoms with Crippen molar-refractivity contribution in [3.05, 3.63) is 64.9 Å². The summed E-state index contributed by atoms with van der Waals surface area (Å²) in [5.74, 6) is 1.09. The number of likely N-dealkylation sites (tertiary alicyclic amines) is 1. The minimum atomic E-state index is -0.358. The summed E-state index contributed by atoms with van der Waals surface area (Å²) in [6.07, 6.45) is 8.10. The lowest BCUT2D eigenvalue weighted by molar-refractivity contribution is 0.160. The van der Waals surface area contributed by atoms with Gasteiger partial charge in [-0.3, -0.25) is 14.7 Å². The average molecular weight is 423 g/mol. The molecule has 2 aliphatic rings. The molecule has 7 nitrogen and oxygen atoms in total. The van der Waals surface area contributed by atoms with Crippen LogP contribution in [0.25, 0.3) is 11.0 Å². The minimum Gasteiger partial charge on any atom is -0.486 e. The lowest BCUT2D eigenvalue weighted by atomic mass is 9.97. The first kappa shape index (κ1) is 19.9. The number of hydrogen-bond donors (Lipinski definition) is 0. The van der Waals surface area contributed by atoms with E-state index < -0.39 is 0 Å². The topological polar surface area (TPSA) is 69.5 Å². The Labute approximate surface area is 179 Å². The summed E-state index contributed by atoms with van der Waals surface area (Å²) in [6, 6.07) is 6.62. The maximum atomic E-state index is 13.5. The van der Waals surface area contributed by atoms with Crippen LogP contribution < -0.4 is 15.0 Å². The Morgan fingerprint density at radius 1 is 1.06 bits per heavy atom. The molecule has 1 aromatic carbocycles. The van der Waals surface area contributed by atoms with Crippen LogP contribution in [0.5, 0.6) is 11.5 Å². The molecular formula is C23H24FN4O3. The van der Waals surface area contributed by atoms with Crippen molar-refractivity contribution >= 4 is 11.0 Å². The van der Waals surface area contributed by atoms with Gasteiger partial charge in [0.2, 0.25) is 0 Å². The molecule has 31 heavy (non-hydrogen) atoms. The molecule has 0 aliphatic carbocycles. The van der Waals surface area contributed by atoms with E-state index >= 15 is 0 Å². The van der Waals surface area contributed by atoms with Crippen molar-refractivity contribution in [3.63, 3.8) is 0 Å². The van der Waals surface area contributed by atoms with Gasteiger partial charge in [0, 0.05) is 43.4 Å². The zero-order valence-corrected chi connectivity index (χ0v) is 17.2. The molecule has 0 bridgehead atoms. The first-order valence-corrected chi connectivity index (χ1v) is 10.6. The molecule has 161 valence electrons. The second kappa shape index (κ2) is 8.63. The first-order chi connectivity index (χ1) is 15.2. The molecule has 4 heterocycles. The van der Waals surface area contributed by atoms with Crippen LogP contribution >= 0.6 is 0 Å². The van der Waals surface area contributed by atoms with Gasteiger partial charge in [0.15, 0.2) is 11.5 Å². The predicted octanol–water partition coefficient (Wildman–Crippen LogP) is 2.61. The monoisotopic (exact) mass is 423 g/mol. The van der Waals surface area contributed by atoms with Crippen molar-refractivity contribution < 1.29 is 13.9 Å². The summed E-state index contributed by atoms with van der Waals surface area (Å²) >= 11 is 0. The molecule has 2 aliphatic heterocycles. The van der Waals surface area contributed by atoms with E-state index in [1.54, 1.807) is 16.8 Å². The van der Waals surface area contributed by atoms with Crippen molar-refractivity contribution in [2.45, 2.75) is 31.8 Å². The third kappa shape index (κ3) is 4.25. The van der Waals surface area contributed by atoms with Crippen LogP contribution in [0.1, 0.15) is 18.5 Å². The fourth-order valence-electron chi connectivity index (χ4n) is 4.35. The van der Waals surface area contributed by atoms with E-state index in [9.17, 15) is 9.18 Å². The summed E-state index contributed by atoms with van der Waals surface area (Å²) in [6.45, 7) is 3.28. The number of rotatable bonds is 5. The molecule has 1 radical (unpaired) electrons. The first-order valence-electron chi connectivity index (χ1n) is 10.6. The van der Waals surface area contributed by atoms with Crippen molar-refractivity contribution in [2.24, 2.45) is 0 Å². The Morgan fingerprint density at radius 2 is 1.94 bits per heavy atom. The summed E-state index contributed by atoms with van der Waals surface area (Å²) in [5, 5.41) is 0. The third-order valence-electron chi connectivity index (χ3n) is 5.93. The molecule has 0 amide bonds. The molecule has 3 aromatic rings. The van der Waals surface area contributed by atoms with Gasteiger partial charge in [0.05, 0.1) is 23.4 Å². The maximum absolute atomic E-state index is 13.5. The number of nitrogens with zero attached hydrogens (tertiary/aromatic N) is 4. The van der Waals surface area contributed by atoms with Gasteiger partial charge in [-0.05, 0) is 37.9 Å². The van der Waals surface area contributed by atoms with Crippen LogP contribution in [-0.4, -0.2) is 51.8 Å². The highest BCUT2D eigenvalue weighted by Gasteiger charge is 2.24. The molecule has 1 fully saturated rings. The van der Waals surface area contributed by atoms with Gasteiger partial charge in [0.25, 0.3) is 5.56 Å². The Balaban J connectivity index is 1.32. The van der Waals surface area contributed by atoms with Crippen molar-refractivity contribution in [3.8, 4) is 11.5 Å². The summed E-state index contributed by atoms with van der Waals surface area (Å²) in [4.78, 5) is 23.5. The highest BCUT2D eigenvalue weighted by atomic mass is 19.1. The summed E-state index contributed by atoms with van der Waals surface area (Å²) in [7, 11) is 0. The smallest absolute Gasteiger partial charge is 0.269 e. The number of ether oxygens (including phenoxy) is 2. The zero-order valence-electron chi connectivity index (χ0n) is 17.2. The lowest BCUT2D eigenvalue weighted by Gasteiger charge is -2.35. The number of hydrogen-bond acceptors (Lipinski definition) is 6. The molecule has 5 rings (SSSR count). The van der Waals surface area contributed by atoms with Gasteiger partial charge in [-0.25, -0.2) is 9.37 Å². The standard InChI is InChI=1S/C23H24FN4O3/c24-16-4-5-20-19(11-16)26-15-23(29)28(20)8-7-27-6-2-1-3-18(27)12-17-13-21-22(14-25-17)31-10-9-30-21/h1,4-5,11,13-15,18H,2-3,6-10,12H2. The number of aromatic nitrogens is 3. The molecular weight excluding hydrogens is 399 g/mol. The Bertz CT molecular complexity index is 1150. The number of piperidine rings is 1. The molecule has 8 heteroatoms. The van der Waals surface area contributed by atoms with Gasteiger partial charge in [-0.1, -0.05) is 0 Å². The third-order valence-corrected chi connectivity index (χ3v) is 5.93. The SMILES string of the molecule is O=c1cnc2cc(F)ccc2n1CCN1CC[CH]CC1Cc1cc2c(cn1)OCCO2. The number of fused-ring (bicyclic) bond motifs is 2. The number of benzene rings is 1. The molecule has 1 atom stereocenters. The Hall–Kier alpha value is -3.00. The van der Waals surface area contributed by atoms with E-state index in [0.29, 0.717) is 42.6 Å². The van der Waals surface area contributed by atoms with E-state index in [2.05, 4.69) is 21.3 Å². The Kier molecular flexibility index (Phi) is 5.55. The fraction of sp³-hybridized carbons (Fsp3) is 0.391. The Morgan fingerprint density at radius 3 is 2.84 bits per heavy atom. The van der Waals surface area contributed by atoms with E-state index in [0.717, 1.165) is 43.8 Å². The van der Waals surface area contributed by atoms with Gasteiger partial charge < -0.3 is 14.0 Å². The van der Waals surface area contributed by atoms with Crippen molar-refractivity contribution in [2.75, 3.05) is 26.3 Å². The van der Waals surface area contributed by atoms with Gasteiger partial charge in [-0.15, -0.1) is 0 Å². The number of halogens is 1. The van der Waals surface area contributed by atoms with E-state index in [1.807, 2.05) is 6.07 Å². The van der Waals surface area contributed by atoms with Crippen LogP contribution in [0.3, 0.4) is 0 Å². The van der Waals surface area contributed by atoms with Gasteiger partial charge in [-0.2, -0.15) is 0 Å². The summed E-state index contributed by atoms with van der Waals surface area (Å²) < 4.78 is 26.5. The van der Waals surface area contributed by atoms with Crippen LogP contribution in [-0.2, 0) is 13.0 Å².